The van der Waals surface area contributed by atoms with Crippen molar-refractivity contribution in [2.75, 3.05) is 13.7 Å². The van der Waals surface area contributed by atoms with Crippen molar-refractivity contribution in [1.82, 2.24) is 0 Å². The van der Waals surface area contributed by atoms with Gasteiger partial charge in [0.2, 0.25) is 0 Å². The molecule has 0 heterocycles. The number of aliphatic hydroxyl groups excluding tert-OH is 1. The quantitative estimate of drug-likeness (QED) is 0.375. The van der Waals surface area contributed by atoms with Crippen molar-refractivity contribution < 1.29 is 14.6 Å². The van der Waals surface area contributed by atoms with Gasteiger partial charge < -0.3 is 14.6 Å². The van der Waals surface area contributed by atoms with Gasteiger partial charge in [-0.3, -0.25) is 0 Å². The average molecular weight is 157 g/mol. The number of ether oxygens (including phenoxy) is 2. The largest absolute Gasteiger partial charge is 0.514 e. The molecule has 4 heteroatoms. The van der Waals surface area contributed by atoms with Gasteiger partial charge in [-0.25, -0.2) is 0 Å². The summed E-state index contributed by atoms with van der Waals surface area (Å²) in [6, 6.07) is 1.75. The van der Waals surface area contributed by atoms with Crippen molar-refractivity contribution in [3.63, 3.8) is 0 Å². The van der Waals surface area contributed by atoms with E-state index in [4.69, 9.17) is 19.8 Å². The Kier molecular flexibility index (Phi) is 5.17. The van der Waals surface area contributed by atoms with E-state index in [2.05, 4.69) is 0 Å². The lowest BCUT2D eigenvalue weighted by Gasteiger charge is -2.12. The third-order valence-corrected chi connectivity index (χ3v) is 1.05. The van der Waals surface area contributed by atoms with E-state index < -0.39 is 6.29 Å². The molecule has 0 aromatic heterocycles. The van der Waals surface area contributed by atoms with E-state index in [9.17, 15) is 0 Å². The summed E-state index contributed by atoms with van der Waals surface area (Å²) < 4.78 is 9.72. The number of aliphatic hydroxyl groups is 1. The fraction of sp³-hybridized carbons (Fsp3) is 0.571. The minimum atomic E-state index is -0.755. The van der Waals surface area contributed by atoms with E-state index >= 15 is 0 Å². The first-order chi connectivity index (χ1) is 5.29. The summed E-state index contributed by atoms with van der Waals surface area (Å²) in [7, 11) is 1.40. The number of rotatable bonds is 4. The first-order valence-electron chi connectivity index (χ1n) is 3.18. The van der Waals surface area contributed by atoms with Crippen LogP contribution < -0.4 is 0 Å². The van der Waals surface area contributed by atoms with Crippen LogP contribution in [0.5, 0.6) is 0 Å². The van der Waals surface area contributed by atoms with Crippen LogP contribution in [0.1, 0.15) is 6.92 Å². The van der Waals surface area contributed by atoms with E-state index in [1.165, 1.54) is 7.11 Å². The zero-order valence-electron chi connectivity index (χ0n) is 6.57. The summed E-state index contributed by atoms with van der Waals surface area (Å²) in [6.07, 6.45) is -0.0703. The molecule has 1 atom stereocenters. The van der Waals surface area contributed by atoms with Gasteiger partial charge in [0, 0.05) is 13.7 Å². The van der Waals surface area contributed by atoms with Crippen molar-refractivity contribution in [2.24, 2.45) is 0 Å². The number of nitrogens with zero attached hydrogens (tertiary/aromatic N) is 1. The summed E-state index contributed by atoms with van der Waals surface area (Å²) >= 11 is 0. The summed E-state index contributed by atoms with van der Waals surface area (Å²) in [5.74, 6) is 0. The Bertz CT molecular complexity index is 171. The number of nitriles is 1. The van der Waals surface area contributed by atoms with Gasteiger partial charge in [0.15, 0.2) is 6.29 Å². The Balaban J connectivity index is 4.13. The topological polar surface area (TPSA) is 62.5 Å². The number of methoxy groups -OCH3 is 1. The molecule has 0 radical (unpaired) electrons. The standard InChI is InChI=1S/C7H11NO3/c1-3-11-7(10-2)6(4-8)5-9/h5,7,9H,3H2,1-2H3/b6-5-. The fourth-order valence-electron chi connectivity index (χ4n) is 0.579. The molecule has 0 aliphatic rings. The number of hydrogen-bond donors (Lipinski definition) is 1. The van der Waals surface area contributed by atoms with Gasteiger partial charge in [0.25, 0.3) is 0 Å². The zero-order valence-corrected chi connectivity index (χ0v) is 6.57. The molecule has 1 N–H and O–H groups in total. The van der Waals surface area contributed by atoms with Crippen LogP contribution >= 0.6 is 0 Å². The van der Waals surface area contributed by atoms with Crippen molar-refractivity contribution in [2.45, 2.75) is 13.2 Å². The average Bonchev–Trinajstić information content (AvgIpc) is 2.05. The molecule has 0 aromatic carbocycles. The van der Waals surface area contributed by atoms with Crippen LogP contribution in [0.25, 0.3) is 0 Å². The predicted octanol–water partition coefficient (Wildman–Crippen LogP) is 0.961. The van der Waals surface area contributed by atoms with Crippen LogP contribution in [-0.4, -0.2) is 25.1 Å². The maximum absolute atomic E-state index is 8.51. The Morgan fingerprint density at radius 3 is 2.73 bits per heavy atom. The highest BCUT2D eigenvalue weighted by atomic mass is 16.7. The Morgan fingerprint density at radius 1 is 1.82 bits per heavy atom. The molecule has 0 bridgehead atoms. The molecule has 0 amide bonds. The minimum Gasteiger partial charge on any atom is -0.514 e. The molecular formula is C7H11NO3. The zero-order chi connectivity index (χ0) is 8.69. The van der Waals surface area contributed by atoms with Gasteiger partial charge >= 0.3 is 0 Å². The second-order valence-corrected chi connectivity index (χ2v) is 1.72. The molecule has 0 aliphatic carbocycles. The van der Waals surface area contributed by atoms with Crippen LogP contribution in [-0.2, 0) is 9.47 Å². The minimum absolute atomic E-state index is 0.0642. The second kappa shape index (κ2) is 5.71. The lowest BCUT2D eigenvalue weighted by molar-refractivity contribution is -0.0920. The van der Waals surface area contributed by atoms with Crippen molar-refractivity contribution in [3.05, 3.63) is 11.8 Å². The molecule has 62 valence electrons. The van der Waals surface area contributed by atoms with E-state index in [0.717, 1.165) is 0 Å². The summed E-state index contributed by atoms with van der Waals surface area (Å²) in [6.45, 7) is 2.20. The maximum Gasteiger partial charge on any atom is 0.196 e. The monoisotopic (exact) mass is 157 g/mol. The SMILES string of the molecule is CCOC(OC)/C(C#N)=C\O. The molecule has 1 unspecified atom stereocenters. The Labute approximate surface area is 65.7 Å². The van der Waals surface area contributed by atoms with E-state index in [1.807, 2.05) is 0 Å². The van der Waals surface area contributed by atoms with Crippen molar-refractivity contribution in [1.29, 1.82) is 5.26 Å². The van der Waals surface area contributed by atoms with Crippen molar-refractivity contribution >= 4 is 0 Å². The number of hydrogen-bond acceptors (Lipinski definition) is 4. The van der Waals surface area contributed by atoms with Crippen LogP contribution in [0.3, 0.4) is 0 Å². The van der Waals surface area contributed by atoms with Gasteiger partial charge in [-0.1, -0.05) is 0 Å². The molecule has 11 heavy (non-hydrogen) atoms. The molecular weight excluding hydrogens is 146 g/mol. The van der Waals surface area contributed by atoms with Gasteiger partial charge in [-0.05, 0) is 6.92 Å². The van der Waals surface area contributed by atoms with Crippen molar-refractivity contribution in [3.8, 4) is 6.07 Å². The van der Waals surface area contributed by atoms with E-state index in [0.29, 0.717) is 12.9 Å². The third-order valence-electron chi connectivity index (χ3n) is 1.05. The normalized spacial score (nSPS) is 14.1. The Morgan fingerprint density at radius 2 is 2.45 bits per heavy atom. The highest BCUT2D eigenvalue weighted by Gasteiger charge is 2.12. The highest BCUT2D eigenvalue weighted by molar-refractivity contribution is 5.20. The predicted molar refractivity (Wildman–Crippen MR) is 38.7 cm³/mol. The molecule has 0 rings (SSSR count). The van der Waals surface area contributed by atoms with Gasteiger partial charge in [0.05, 0.1) is 6.26 Å². The maximum atomic E-state index is 8.51. The smallest absolute Gasteiger partial charge is 0.196 e. The van der Waals surface area contributed by atoms with Gasteiger partial charge in [-0.2, -0.15) is 5.26 Å². The van der Waals surface area contributed by atoms with Crippen LogP contribution in [0.4, 0.5) is 0 Å². The third kappa shape index (κ3) is 3.03. The molecule has 0 aliphatic heterocycles. The molecule has 0 saturated carbocycles. The highest BCUT2D eigenvalue weighted by Crippen LogP contribution is 2.05. The molecule has 0 spiro atoms. The molecule has 4 nitrogen and oxygen atoms in total. The first kappa shape index (κ1) is 9.95. The second-order valence-electron chi connectivity index (χ2n) is 1.72. The summed E-state index contributed by atoms with van der Waals surface area (Å²) in [5.41, 5.74) is 0.0642. The molecule has 0 fully saturated rings. The summed E-state index contributed by atoms with van der Waals surface area (Å²) in [4.78, 5) is 0. The van der Waals surface area contributed by atoms with Gasteiger partial charge in [0.1, 0.15) is 11.6 Å². The van der Waals surface area contributed by atoms with Crippen LogP contribution in [0.15, 0.2) is 11.8 Å². The van der Waals surface area contributed by atoms with Crippen LogP contribution in [0.2, 0.25) is 0 Å². The summed E-state index contributed by atoms with van der Waals surface area (Å²) in [5, 5.41) is 16.9. The lowest BCUT2D eigenvalue weighted by atomic mass is 10.3. The van der Waals surface area contributed by atoms with E-state index in [1.54, 1.807) is 13.0 Å². The molecule has 0 saturated heterocycles. The van der Waals surface area contributed by atoms with Crippen LogP contribution in [0, 0.1) is 11.3 Å². The lowest BCUT2D eigenvalue weighted by Crippen LogP contribution is -2.17. The fourth-order valence-corrected chi connectivity index (χ4v) is 0.579. The molecule has 0 aromatic rings. The Hall–Kier alpha value is -1.05. The van der Waals surface area contributed by atoms with Gasteiger partial charge in [-0.15, -0.1) is 0 Å². The first-order valence-corrected chi connectivity index (χ1v) is 3.18. The van der Waals surface area contributed by atoms with E-state index in [-0.39, 0.29) is 5.57 Å².